The van der Waals surface area contributed by atoms with E-state index in [0.29, 0.717) is 45.4 Å². The van der Waals surface area contributed by atoms with Crippen LogP contribution >= 0.6 is 0 Å². The van der Waals surface area contributed by atoms with E-state index >= 15 is 0 Å². The van der Waals surface area contributed by atoms with Gasteiger partial charge in [0.15, 0.2) is 23.6 Å². The van der Waals surface area contributed by atoms with E-state index in [-0.39, 0.29) is 25.4 Å². The number of methoxy groups -OCH3 is 2. The third-order valence-corrected chi connectivity index (χ3v) is 8.40. The maximum Gasteiger partial charge on any atom is 0.186 e. The van der Waals surface area contributed by atoms with E-state index in [4.69, 9.17) is 33.2 Å². The predicted octanol–water partition coefficient (Wildman–Crippen LogP) is -0.305. The highest BCUT2D eigenvalue weighted by Gasteiger charge is 2.49. The summed E-state index contributed by atoms with van der Waals surface area (Å²) in [5.74, 6) is 1.55. The van der Waals surface area contributed by atoms with Gasteiger partial charge < -0.3 is 58.7 Å². The number of ketones is 1. The van der Waals surface area contributed by atoms with Crippen molar-refractivity contribution in [2.24, 2.45) is 0 Å². The van der Waals surface area contributed by atoms with Crippen molar-refractivity contribution < 1.29 is 63.5 Å². The van der Waals surface area contributed by atoms with Crippen molar-refractivity contribution in [2.45, 2.75) is 67.8 Å². The lowest BCUT2D eigenvalue weighted by Crippen LogP contribution is -2.60. The monoisotopic (exact) mass is 590 g/mol. The number of aliphatic hydroxyl groups is 5. The third-order valence-electron chi connectivity index (χ3n) is 8.40. The van der Waals surface area contributed by atoms with E-state index in [1.165, 1.54) is 21.1 Å². The number of aliphatic hydroxyl groups excluding tert-OH is 4. The molecule has 13 nitrogen and oxygen atoms in total. The molecule has 1 fully saturated rings. The number of ether oxygens (including phenoxy) is 7. The molecule has 0 amide bonds. The van der Waals surface area contributed by atoms with Crippen molar-refractivity contribution in [1.82, 2.24) is 0 Å². The lowest BCUT2D eigenvalue weighted by molar-refractivity contribution is -0.310. The molecule has 4 aliphatic rings. The fourth-order valence-electron chi connectivity index (χ4n) is 5.96. The standard InChI is InChI=1S/C29H34O13/c1-29(35,11-39-28-26(34)25(33)24(32)19(9-30)42-28)21-7-14-15(40-21)5-4-12-23(31)22-13-6-17(36-2)18(37-3)8-16(13)38-10-20(22)41-27(12)14/h4-6,8,19-22,24-26,28,30,32-35H,7,9-11H2,1-3H3/t19-,20-,21-,22-,24-,25+,26-,28-,29+/m1/s1. The minimum Gasteiger partial charge on any atom is -0.493 e. The average Bonchev–Trinajstić information content (AvgIpc) is 3.45. The minimum atomic E-state index is -1.62. The summed E-state index contributed by atoms with van der Waals surface area (Å²) >= 11 is 0. The summed E-state index contributed by atoms with van der Waals surface area (Å²) in [6, 6.07) is 6.74. The highest BCUT2D eigenvalue weighted by atomic mass is 16.7. The second kappa shape index (κ2) is 10.8. The van der Waals surface area contributed by atoms with Gasteiger partial charge in [0, 0.05) is 23.6 Å². The van der Waals surface area contributed by atoms with Crippen molar-refractivity contribution >= 4 is 5.78 Å². The number of rotatable bonds is 7. The molecule has 2 aromatic rings. The Hall–Kier alpha value is -3.17. The van der Waals surface area contributed by atoms with E-state index in [1.807, 2.05) is 0 Å². The smallest absolute Gasteiger partial charge is 0.186 e. The van der Waals surface area contributed by atoms with Crippen LogP contribution in [0.5, 0.6) is 28.7 Å². The molecule has 2 aromatic carbocycles. The normalized spacial score (nSPS) is 32.6. The lowest BCUT2D eigenvalue weighted by atomic mass is 9.81. The van der Waals surface area contributed by atoms with Crippen molar-refractivity contribution in [3.05, 3.63) is 41.0 Å². The van der Waals surface area contributed by atoms with Gasteiger partial charge in [0.2, 0.25) is 0 Å². The van der Waals surface area contributed by atoms with Gasteiger partial charge in [-0.2, -0.15) is 0 Å². The summed E-state index contributed by atoms with van der Waals surface area (Å²) in [5.41, 5.74) is 0.0334. The van der Waals surface area contributed by atoms with E-state index in [9.17, 15) is 30.3 Å². The van der Waals surface area contributed by atoms with Crippen LogP contribution in [0.25, 0.3) is 0 Å². The van der Waals surface area contributed by atoms with Gasteiger partial charge >= 0.3 is 0 Å². The summed E-state index contributed by atoms with van der Waals surface area (Å²) in [5, 5.41) is 51.0. The van der Waals surface area contributed by atoms with Gasteiger partial charge in [-0.3, -0.25) is 4.79 Å². The molecule has 0 unspecified atom stereocenters. The maximum atomic E-state index is 13.8. The van der Waals surface area contributed by atoms with E-state index in [1.54, 1.807) is 24.3 Å². The molecule has 9 atom stereocenters. The highest BCUT2D eigenvalue weighted by molar-refractivity contribution is 6.06. The summed E-state index contributed by atoms with van der Waals surface area (Å²) in [4.78, 5) is 13.8. The summed E-state index contributed by atoms with van der Waals surface area (Å²) in [6.07, 6.45) is -8.53. The molecule has 0 aliphatic carbocycles. The SMILES string of the molecule is COc1cc2c(cc1OC)[C@H]1C(=O)c3ccc4c(c3O[C@@H]1CO2)C[C@H]([C@@](C)(O)CO[C@@H]1O[C@H](CO)[C@@H](O)[C@H](O)[C@H]1O)O4. The van der Waals surface area contributed by atoms with E-state index in [0.717, 1.165) is 0 Å². The number of carbonyl (C=O) groups excluding carboxylic acids is 1. The maximum absolute atomic E-state index is 13.8. The molecular formula is C29H34O13. The molecule has 4 heterocycles. The Bertz CT molecular complexity index is 1360. The van der Waals surface area contributed by atoms with Gasteiger partial charge in [-0.1, -0.05) is 0 Å². The number of Topliss-reactive ketones (excluding diaryl/α,β-unsaturated/α-hetero) is 1. The quantitative estimate of drug-likeness (QED) is 0.284. The fraction of sp³-hybridized carbons (Fsp3) is 0.552. The molecule has 5 N–H and O–H groups in total. The fourth-order valence-corrected chi connectivity index (χ4v) is 5.96. The largest absolute Gasteiger partial charge is 0.493 e. The molecule has 42 heavy (non-hydrogen) atoms. The first-order valence-electron chi connectivity index (χ1n) is 13.6. The second-order valence-electron chi connectivity index (χ2n) is 11.1. The molecule has 6 rings (SSSR count). The molecule has 0 bridgehead atoms. The van der Waals surface area contributed by atoms with E-state index < -0.39 is 61.0 Å². The van der Waals surface area contributed by atoms with Gasteiger partial charge in [-0.05, 0) is 25.1 Å². The lowest BCUT2D eigenvalue weighted by Gasteiger charge is -2.40. The van der Waals surface area contributed by atoms with Crippen LogP contribution in [-0.2, 0) is 15.9 Å². The van der Waals surface area contributed by atoms with E-state index in [2.05, 4.69) is 0 Å². The minimum absolute atomic E-state index is 0.136. The molecule has 228 valence electrons. The van der Waals surface area contributed by atoms with Crippen LogP contribution in [0.4, 0.5) is 0 Å². The molecule has 4 aliphatic heterocycles. The molecule has 0 radical (unpaired) electrons. The zero-order chi connectivity index (χ0) is 29.9. The number of hydrogen-bond donors (Lipinski definition) is 5. The Kier molecular flexibility index (Phi) is 7.46. The summed E-state index contributed by atoms with van der Waals surface area (Å²) in [6.45, 7) is 0.635. The molecule has 1 saturated heterocycles. The zero-order valence-electron chi connectivity index (χ0n) is 23.3. The molecule has 13 heteroatoms. The molecule has 0 spiro atoms. The Morgan fingerprint density at radius 3 is 2.45 bits per heavy atom. The van der Waals surface area contributed by atoms with Gasteiger partial charge in [0.1, 0.15) is 66.1 Å². The van der Waals surface area contributed by atoms with Crippen LogP contribution in [0.2, 0.25) is 0 Å². The average molecular weight is 591 g/mol. The summed E-state index contributed by atoms with van der Waals surface area (Å²) < 4.78 is 40.1. The van der Waals surface area contributed by atoms with Gasteiger partial charge in [0.05, 0.1) is 38.9 Å². The van der Waals surface area contributed by atoms with Gasteiger partial charge in [-0.25, -0.2) is 0 Å². The number of benzene rings is 2. The second-order valence-corrected chi connectivity index (χ2v) is 11.1. The first-order chi connectivity index (χ1) is 20.1. The van der Waals surface area contributed by atoms with Crippen molar-refractivity contribution in [2.75, 3.05) is 34.0 Å². The van der Waals surface area contributed by atoms with Crippen LogP contribution < -0.4 is 23.7 Å². The van der Waals surface area contributed by atoms with Gasteiger partial charge in [-0.15, -0.1) is 0 Å². The van der Waals surface area contributed by atoms with Crippen molar-refractivity contribution in [1.29, 1.82) is 0 Å². The number of carbonyl (C=O) groups is 1. The van der Waals surface area contributed by atoms with Gasteiger partial charge in [0.25, 0.3) is 0 Å². The van der Waals surface area contributed by atoms with Crippen molar-refractivity contribution in [3.63, 3.8) is 0 Å². The topological polar surface area (TPSA) is 183 Å². The van der Waals surface area contributed by atoms with Crippen molar-refractivity contribution in [3.8, 4) is 28.7 Å². The Labute approximate surface area is 241 Å². The number of fused-ring (bicyclic) bond motifs is 6. The Balaban J connectivity index is 1.20. The Morgan fingerprint density at radius 2 is 1.74 bits per heavy atom. The predicted molar refractivity (Wildman–Crippen MR) is 141 cm³/mol. The zero-order valence-corrected chi connectivity index (χ0v) is 23.3. The van der Waals surface area contributed by atoms with Crippen LogP contribution in [-0.4, -0.2) is 114 Å². The summed E-state index contributed by atoms with van der Waals surface area (Å²) in [7, 11) is 3.04. The van der Waals surface area contributed by atoms with Crippen LogP contribution in [0, 0.1) is 0 Å². The van der Waals surface area contributed by atoms with Crippen LogP contribution in [0.15, 0.2) is 24.3 Å². The first kappa shape index (κ1) is 28.9. The highest BCUT2D eigenvalue weighted by Crippen LogP contribution is 2.50. The van der Waals surface area contributed by atoms with Crippen LogP contribution in [0.1, 0.15) is 34.3 Å². The number of hydrogen-bond acceptors (Lipinski definition) is 13. The first-order valence-corrected chi connectivity index (χ1v) is 13.6. The Morgan fingerprint density at radius 1 is 1.00 bits per heavy atom. The molecule has 0 saturated carbocycles. The third kappa shape index (κ3) is 4.65. The molecule has 0 aromatic heterocycles. The molecular weight excluding hydrogens is 556 g/mol. The van der Waals surface area contributed by atoms with Crippen LogP contribution in [0.3, 0.4) is 0 Å².